The second kappa shape index (κ2) is 7.21. The van der Waals surface area contributed by atoms with Crippen molar-refractivity contribution in [3.05, 3.63) is 59.6 Å². The van der Waals surface area contributed by atoms with Crippen LogP contribution in [-0.4, -0.2) is 38.0 Å². The Morgan fingerprint density at radius 3 is 2.57 bits per heavy atom. The largest absolute Gasteiger partial charge is 0.491 e. The number of hydrogen-bond acceptors (Lipinski definition) is 5. The van der Waals surface area contributed by atoms with Crippen LogP contribution in [0.15, 0.2) is 54.6 Å². The molecule has 118 valence electrons. The SMILES string of the molecule is OC(COc1ccc(Cl)cc1)Cn1nnc(-c2ccccc2)n1. The molecular weight excluding hydrogens is 316 g/mol. The van der Waals surface area contributed by atoms with Gasteiger partial charge >= 0.3 is 0 Å². The van der Waals surface area contributed by atoms with Gasteiger partial charge in [0.2, 0.25) is 5.82 Å². The minimum Gasteiger partial charge on any atom is -0.491 e. The number of ether oxygens (including phenoxy) is 1. The molecule has 0 aliphatic carbocycles. The molecule has 0 saturated heterocycles. The summed E-state index contributed by atoms with van der Waals surface area (Å²) in [6, 6.07) is 16.5. The van der Waals surface area contributed by atoms with E-state index in [0.717, 1.165) is 5.56 Å². The van der Waals surface area contributed by atoms with Crippen molar-refractivity contribution in [2.75, 3.05) is 6.61 Å². The summed E-state index contributed by atoms with van der Waals surface area (Å²) in [7, 11) is 0. The van der Waals surface area contributed by atoms with Crippen LogP contribution in [0.3, 0.4) is 0 Å². The molecule has 1 atom stereocenters. The molecule has 0 aliphatic heterocycles. The highest BCUT2D eigenvalue weighted by molar-refractivity contribution is 6.30. The van der Waals surface area contributed by atoms with Gasteiger partial charge in [0, 0.05) is 10.6 Å². The van der Waals surface area contributed by atoms with Crippen LogP contribution in [0.5, 0.6) is 5.75 Å². The van der Waals surface area contributed by atoms with E-state index >= 15 is 0 Å². The summed E-state index contributed by atoms with van der Waals surface area (Å²) < 4.78 is 5.49. The van der Waals surface area contributed by atoms with E-state index in [9.17, 15) is 5.11 Å². The van der Waals surface area contributed by atoms with E-state index < -0.39 is 6.10 Å². The van der Waals surface area contributed by atoms with E-state index in [4.69, 9.17) is 16.3 Å². The summed E-state index contributed by atoms with van der Waals surface area (Å²) in [5.74, 6) is 1.17. The molecule has 1 heterocycles. The predicted molar refractivity (Wildman–Crippen MR) is 86.2 cm³/mol. The number of aliphatic hydroxyl groups is 1. The molecule has 3 rings (SSSR count). The minimum absolute atomic E-state index is 0.129. The Hall–Kier alpha value is -2.44. The fraction of sp³-hybridized carbons (Fsp3) is 0.188. The van der Waals surface area contributed by atoms with E-state index in [0.29, 0.717) is 16.6 Å². The maximum absolute atomic E-state index is 10.0. The highest BCUT2D eigenvalue weighted by Crippen LogP contribution is 2.16. The summed E-state index contributed by atoms with van der Waals surface area (Å²) in [5, 5.41) is 22.8. The number of tetrazole rings is 1. The topological polar surface area (TPSA) is 73.1 Å². The zero-order chi connectivity index (χ0) is 16.1. The van der Waals surface area contributed by atoms with Gasteiger partial charge in [0.1, 0.15) is 18.5 Å². The predicted octanol–water partition coefficient (Wildman–Crippen LogP) is 2.43. The summed E-state index contributed by atoms with van der Waals surface area (Å²) in [4.78, 5) is 1.36. The van der Waals surface area contributed by atoms with E-state index in [-0.39, 0.29) is 13.2 Å². The van der Waals surface area contributed by atoms with Crippen molar-refractivity contribution in [1.29, 1.82) is 0 Å². The molecule has 0 radical (unpaired) electrons. The van der Waals surface area contributed by atoms with Gasteiger partial charge in [-0.05, 0) is 29.5 Å². The smallest absolute Gasteiger partial charge is 0.204 e. The molecule has 0 aliphatic rings. The number of halogens is 1. The molecule has 0 spiro atoms. The van der Waals surface area contributed by atoms with Gasteiger partial charge in [-0.15, -0.1) is 10.2 Å². The highest BCUT2D eigenvalue weighted by atomic mass is 35.5. The Morgan fingerprint density at radius 2 is 1.83 bits per heavy atom. The first kappa shape index (κ1) is 15.5. The maximum atomic E-state index is 10.0. The average Bonchev–Trinajstić information content (AvgIpc) is 3.04. The maximum Gasteiger partial charge on any atom is 0.204 e. The first-order valence-corrected chi connectivity index (χ1v) is 7.48. The van der Waals surface area contributed by atoms with Gasteiger partial charge in [-0.25, -0.2) is 0 Å². The van der Waals surface area contributed by atoms with E-state index in [2.05, 4.69) is 15.4 Å². The molecule has 0 saturated carbocycles. The molecule has 3 aromatic rings. The average molecular weight is 331 g/mol. The van der Waals surface area contributed by atoms with Gasteiger partial charge in [0.05, 0.1) is 6.54 Å². The highest BCUT2D eigenvalue weighted by Gasteiger charge is 2.11. The quantitative estimate of drug-likeness (QED) is 0.751. The van der Waals surface area contributed by atoms with Crippen LogP contribution < -0.4 is 4.74 Å². The first-order chi connectivity index (χ1) is 11.2. The Bertz CT molecular complexity index is 746. The van der Waals surface area contributed by atoms with Crippen LogP contribution in [-0.2, 0) is 6.54 Å². The number of aromatic nitrogens is 4. The third-order valence-corrected chi connectivity index (χ3v) is 3.37. The monoisotopic (exact) mass is 330 g/mol. The van der Waals surface area contributed by atoms with E-state index in [1.807, 2.05) is 30.3 Å². The number of benzene rings is 2. The molecule has 0 amide bonds. The standard InChI is InChI=1S/C16H15ClN4O2/c17-13-6-8-15(9-7-13)23-11-14(22)10-21-19-16(18-20-21)12-4-2-1-3-5-12/h1-9,14,22H,10-11H2. The number of hydrogen-bond donors (Lipinski definition) is 1. The number of nitrogens with zero attached hydrogens (tertiary/aromatic N) is 4. The zero-order valence-electron chi connectivity index (χ0n) is 12.2. The molecule has 0 bridgehead atoms. The van der Waals surface area contributed by atoms with Gasteiger partial charge in [0.15, 0.2) is 0 Å². The zero-order valence-corrected chi connectivity index (χ0v) is 13.0. The molecule has 7 heteroatoms. The molecular formula is C16H15ClN4O2. The lowest BCUT2D eigenvalue weighted by Crippen LogP contribution is -2.24. The Kier molecular flexibility index (Phi) is 4.85. The second-order valence-corrected chi connectivity index (χ2v) is 5.39. The van der Waals surface area contributed by atoms with Gasteiger partial charge in [-0.2, -0.15) is 4.80 Å². The molecule has 1 unspecified atom stereocenters. The van der Waals surface area contributed by atoms with Crippen LogP contribution >= 0.6 is 11.6 Å². The van der Waals surface area contributed by atoms with Gasteiger partial charge < -0.3 is 9.84 Å². The summed E-state index contributed by atoms with van der Waals surface area (Å²) in [5.41, 5.74) is 0.880. The molecule has 2 aromatic carbocycles. The molecule has 1 N–H and O–H groups in total. The first-order valence-electron chi connectivity index (χ1n) is 7.10. The normalized spacial score (nSPS) is 12.1. The van der Waals surface area contributed by atoms with Crippen molar-refractivity contribution in [2.45, 2.75) is 12.6 Å². The summed E-state index contributed by atoms with van der Waals surface area (Å²) >= 11 is 5.80. The third kappa shape index (κ3) is 4.28. The van der Waals surface area contributed by atoms with Crippen LogP contribution in [0.1, 0.15) is 0 Å². The Balaban J connectivity index is 1.55. The summed E-state index contributed by atoms with van der Waals surface area (Å²) in [6.45, 7) is 0.331. The molecule has 1 aromatic heterocycles. The Labute approximate surface area is 138 Å². The fourth-order valence-electron chi connectivity index (χ4n) is 1.99. The van der Waals surface area contributed by atoms with Crippen molar-refractivity contribution < 1.29 is 9.84 Å². The van der Waals surface area contributed by atoms with Crippen LogP contribution in [0, 0.1) is 0 Å². The van der Waals surface area contributed by atoms with E-state index in [1.165, 1.54) is 4.80 Å². The van der Waals surface area contributed by atoms with Crippen molar-refractivity contribution in [3.8, 4) is 17.1 Å². The number of rotatable bonds is 6. The Morgan fingerprint density at radius 1 is 1.09 bits per heavy atom. The lowest BCUT2D eigenvalue weighted by Gasteiger charge is -2.11. The second-order valence-electron chi connectivity index (χ2n) is 4.95. The van der Waals surface area contributed by atoms with Crippen LogP contribution in [0.4, 0.5) is 0 Å². The van der Waals surface area contributed by atoms with Crippen molar-refractivity contribution >= 4 is 11.6 Å². The van der Waals surface area contributed by atoms with Crippen molar-refractivity contribution in [3.63, 3.8) is 0 Å². The fourth-order valence-corrected chi connectivity index (χ4v) is 2.11. The molecule has 0 fully saturated rings. The van der Waals surface area contributed by atoms with Crippen molar-refractivity contribution in [2.24, 2.45) is 0 Å². The number of aliphatic hydroxyl groups excluding tert-OH is 1. The lowest BCUT2D eigenvalue weighted by atomic mass is 10.2. The lowest BCUT2D eigenvalue weighted by molar-refractivity contribution is 0.0850. The van der Waals surface area contributed by atoms with Gasteiger partial charge in [-0.1, -0.05) is 41.9 Å². The summed E-state index contributed by atoms with van der Waals surface area (Å²) in [6.07, 6.45) is -0.747. The van der Waals surface area contributed by atoms with Crippen LogP contribution in [0.25, 0.3) is 11.4 Å². The minimum atomic E-state index is -0.747. The van der Waals surface area contributed by atoms with Gasteiger partial charge in [0.25, 0.3) is 0 Å². The van der Waals surface area contributed by atoms with Crippen LogP contribution in [0.2, 0.25) is 5.02 Å². The van der Waals surface area contributed by atoms with Gasteiger partial charge in [-0.3, -0.25) is 0 Å². The van der Waals surface area contributed by atoms with E-state index in [1.54, 1.807) is 24.3 Å². The molecule has 6 nitrogen and oxygen atoms in total. The molecule has 23 heavy (non-hydrogen) atoms. The van der Waals surface area contributed by atoms with Crippen molar-refractivity contribution in [1.82, 2.24) is 20.2 Å². The third-order valence-electron chi connectivity index (χ3n) is 3.11.